The van der Waals surface area contributed by atoms with E-state index >= 15 is 0 Å². The number of rotatable bonds is 5. The van der Waals surface area contributed by atoms with Gasteiger partial charge in [-0.2, -0.15) is 5.10 Å². The van der Waals surface area contributed by atoms with Crippen LogP contribution in [-0.4, -0.2) is 51.3 Å². The fraction of sp³-hybridized carbons (Fsp3) is 0.379. The largest absolute Gasteiger partial charge is 0.444 e. The summed E-state index contributed by atoms with van der Waals surface area (Å²) in [7, 11) is 0. The van der Waals surface area contributed by atoms with E-state index in [9.17, 15) is 14.4 Å². The summed E-state index contributed by atoms with van der Waals surface area (Å²) in [5.74, 6) is -0.483. The van der Waals surface area contributed by atoms with Gasteiger partial charge in [0.1, 0.15) is 5.60 Å². The summed E-state index contributed by atoms with van der Waals surface area (Å²) in [4.78, 5) is 39.2. The molecule has 1 aromatic heterocycles. The maximum atomic E-state index is 13.5. The SMILES string of the molecule is CC(=O)Nc1ccc(NC(=O)c2cnn(-c3cccc(Cl)c3C)c2C2CCN(C(=O)OC(C)(C)C)CC2)cc1. The minimum absolute atomic E-state index is 0.0209. The number of ether oxygens (including phenoxy) is 1. The third-order valence-corrected chi connectivity index (χ3v) is 6.92. The number of piperidine rings is 1. The van der Waals surface area contributed by atoms with Gasteiger partial charge in [0.05, 0.1) is 23.1 Å². The lowest BCUT2D eigenvalue weighted by Crippen LogP contribution is -2.41. The molecule has 39 heavy (non-hydrogen) atoms. The van der Waals surface area contributed by atoms with Crippen LogP contribution in [0.5, 0.6) is 0 Å². The van der Waals surface area contributed by atoms with Gasteiger partial charge in [-0.1, -0.05) is 17.7 Å². The Kier molecular flexibility index (Phi) is 8.30. The first-order valence-electron chi connectivity index (χ1n) is 12.9. The first kappa shape index (κ1) is 28.2. The minimum atomic E-state index is -0.567. The van der Waals surface area contributed by atoms with Crippen molar-refractivity contribution in [2.24, 2.45) is 0 Å². The van der Waals surface area contributed by atoms with Crippen LogP contribution in [0, 0.1) is 6.92 Å². The maximum Gasteiger partial charge on any atom is 0.410 e. The molecule has 2 heterocycles. The molecule has 1 fully saturated rings. The number of anilines is 2. The Morgan fingerprint density at radius 1 is 1.00 bits per heavy atom. The Hall–Kier alpha value is -3.85. The zero-order valence-electron chi connectivity index (χ0n) is 22.9. The van der Waals surface area contributed by atoms with Gasteiger partial charge in [0.25, 0.3) is 5.91 Å². The van der Waals surface area contributed by atoms with Crippen LogP contribution in [0.3, 0.4) is 0 Å². The van der Waals surface area contributed by atoms with E-state index in [0.29, 0.717) is 47.9 Å². The van der Waals surface area contributed by atoms with Crippen molar-refractivity contribution in [1.82, 2.24) is 14.7 Å². The standard InChI is InChI=1S/C29H34ClN5O4/c1-18-24(30)7-6-8-25(18)35-26(20-13-15-34(16-14-20)28(38)39-29(3,4)5)23(17-31-35)27(37)33-22-11-9-21(10-12-22)32-19(2)36/h6-12,17,20H,13-16H2,1-5H3,(H,32,36)(H,33,37). The van der Waals surface area contributed by atoms with Crippen LogP contribution in [0.15, 0.2) is 48.7 Å². The van der Waals surface area contributed by atoms with Crippen molar-refractivity contribution in [3.8, 4) is 5.69 Å². The molecule has 0 saturated carbocycles. The summed E-state index contributed by atoms with van der Waals surface area (Å²) in [5.41, 5.74) is 3.55. The van der Waals surface area contributed by atoms with Crippen LogP contribution < -0.4 is 10.6 Å². The summed E-state index contributed by atoms with van der Waals surface area (Å²) >= 11 is 6.42. The summed E-state index contributed by atoms with van der Waals surface area (Å²) < 4.78 is 7.35. The summed E-state index contributed by atoms with van der Waals surface area (Å²) in [5, 5.41) is 10.9. The predicted molar refractivity (Wildman–Crippen MR) is 152 cm³/mol. The van der Waals surface area contributed by atoms with E-state index in [2.05, 4.69) is 15.7 Å². The smallest absolute Gasteiger partial charge is 0.410 e. The van der Waals surface area contributed by atoms with Crippen LogP contribution >= 0.6 is 11.6 Å². The molecule has 0 radical (unpaired) electrons. The number of amides is 3. The molecule has 0 spiro atoms. The van der Waals surface area contributed by atoms with Crippen molar-refractivity contribution in [3.63, 3.8) is 0 Å². The molecule has 4 rings (SSSR count). The highest BCUT2D eigenvalue weighted by Gasteiger charge is 2.32. The number of nitrogens with one attached hydrogen (secondary N) is 2. The van der Waals surface area contributed by atoms with Crippen LogP contribution in [0.1, 0.15) is 68.1 Å². The minimum Gasteiger partial charge on any atom is -0.444 e. The summed E-state index contributed by atoms with van der Waals surface area (Å²) in [6.45, 7) is 9.92. The molecule has 3 aromatic rings. The van der Waals surface area contributed by atoms with E-state index in [4.69, 9.17) is 16.3 Å². The highest BCUT2D eigenvalue weighted by molar-refractivity contribution is 6.31. The fourth-order valence-corrected chi connectivity index (χ4v) is 4.81. The van der Waals surface area contributed by atoms with E-state index in [-0.39, 0.29) is 23.8 Å². The summed E-state index contributed by atoms with van der Waals surface area (Å²) in [6.07, 6.45) is 2.55. The molecule has 206 valence electrons. The number of nitrogens with zero attached hydrogens (tertiary/aromatic N) is 3. The normalized spacial score (nSPS) is 14.2. The lowest BCUT2D eigenvalue weighted by molar-refractivity contribution is -0.114. The molecule has 1 aliphatic rings. The second-order valence-electron chi connectivity index (χ2n) is 10.7. The van der Waals surface area contributed by atoms with Gasteiger partial charge in [-0.25, -0.2) is 9.48 Å². The van der Waals surface area contributed by atoms with E-state index in [0.717, 1.165) is 16.9 Å². The molecule has 0 unspecified atom stereocenters. The average molecular weight is 552 g/mol. The molecular weight excluding hydrogens is 518 g/mol. The summed E-state index contributed by atoms with van der Waals surface area (Å²) in [6, 6.07) is 12.5. The van der Waals surface area contributed by atoms with E-state index < -0.39 is 5.60 Å². The second-order valence-corrected chi connectivity index (χ2v) is 11.1. The highest BCUT2D eigenvalue weighted by Crippen LogP contribution is 2.34. The van der Waals surface area contributed by atoms with Crippen molar-refractivity contribution in [2.75, 3.05) is 23.7 Å². The molecule has 2 aromatic carbocycles. The van der Waals surface area contributed by atoms with Gasteiger partial charge in [0.15, 0.2) is 0 Å². The van der Waals surface area contributed by atoms with Gasteiger partial charge < -0.3 is 20.3 Å². The molecule has 1 aliphatic heterocycles. The van der Waals surface area contributed by atoms with Crippen molar-refractivity contribution in [3.05, 3.63) is 70.5 Å². The van der Waals surface area contributed by atoms with E-state index in [1.807, 2.05) is 45.9 Å². The topological polar surface area (TPSA) is 106 Å². The Morgan fingerprint density at radius 3 is 2.21 bits per heavy atom. The van der Waals surface area contributed by atoms with Crippen molar-refractivity contribution in [2.45, 2.75) is 59.0 Å². The predicted octanol–water partition coefficient (Wildman–Crippen LogP) is 6.16. The number of likely N-dealkylation sites (tertiary alicyclic amines) is 1. The number of aromatic nitrogens is 2. The number of hydrogen-bond donors (Lipinski definition) is 2. The van der Waals surface area contributed by atoms with Crippen molar-refractivity contribution >= 4 is 40.9 Å². The molecule has 0 atom stereocenters. The first-order chi connectivity index (χ1) is 18.4. The quantitative estimate of drug-likeness (QED) is 0.395. The number of carbonyl (C=O) groups excluding carboxylic acids is 3. The van der Waals surface area contributed by atoms with Gasteiger partial charge in [-0.3, -0.25) is 9.59 Å². The van der Waals surface area contributed by atoms with Crippen molar-refractivity contribution < 1.29 is 19.1 Å². The first-order valence-corrected chi connectivity index (χ1v) is 13.3. The Labute approximate surface area is 233 Å². The van der Waals surface area contributed by atoms with Crippen LogP contribution in [0.2, 0.25) is 5.02 Å². The number of halogens is 1. The molecule has 9 nitrogen and oxygen atoms in total. The van der Waals surface area contributed by atoms with Gasteiger partial charge in [-0.15, -0.1) is 0 Å². The van der Waals surface area contributed by atoms with E-state index in [1.165, 1.54) is 6.92 Å². The highest BCUT2D eigenvalue weighted by atomic mass is 35.5. The zero-order valence-corrected chi connectivity index (χ0v) is 23.6. The fourth-order valence-electron chi connectivity index (χ4n) is 4.64. The molecular formula is C29H34ClN5O4. The Bertz CT molecular complexity index is 1370. The Balaban J connectivity index is 1.62. The Morgan fingerprint density at radius 2 is 1.62 bits per heavy atom. The van der Waals surface area contributed by atoms with Gasteiger partial charge in [0, 0.05) is 42.3 Å². The van der Waals surface area contributed by atoms with Crippen LogP contribution in [0.4, 0.5) is 16.2 Å². The monoisotopic (exact) mass is 551 g/mol. The third-order valence-electron chi connectivity index (χ3n) is 6.51. The van der Waals surface area contributed by atoms with Crippen LogP contribution in [-0.2, 0) is 9.53 Å². The van der Waals surface area contributed by atoms with Gasteiger partial charge in [-0.05, 0) is 82.5 Å². The maximum absolute atomic E-state index is 13.5. The van der Waals surface area contributed by atoms with Crippen LogP contribution in [0.25, 0.3) is 5.69 Å². The molecule has 0 bridgehead atoms. The van der Waals surface area contributed by atoms with Crippen molar-refractivity contribution in [1.29, 1.82) is 0 Å². The molecule has 10 heteroatoms. The molecule has 0 aliphatic carbocycles. The third kappa shape index (κ3) is 6.78. The second kappa shape index (κ2) is 11.5. The number of benzene rings is 2. The number of hydrogen-bond acceptors (Lipinski definition) is 5. The van der Waals surface area contributed by atoms with Gasteiger partial charge in [0.2, 0.25) is 5.91 Å². The molecule has 2 N–H and O–H groups in total. The molecule has 1 saturated heterocycles. The zero-order chi connectivity index (χ0) is 28.3. The molecule has 3 amide bonds. The number of carbonyl (C=O) groups is 3. The van der Waals surface area contributed by atoms with Gasteiger partial charge >= 0.3 is 6.09 Å². The lowest BCUT2D eigenvalue weighted by Gasteiger charge is -2.34. The van der Waals surface area contributed by atoms with E-state index in [1.54, 1.807) is 40.0 Å². The average Bonchev–Trinajstić information content (AvgIpc) is 3.31. The lowest BCUT2D eigenvalue weighted by atomic mass is 9.90.